The summed E-state index contributed by atoms with van der Waals surface area (Å²) in [5.74, 6) is -0.510. The Balaban J connectivity index is 0.000000197. The third-order valence-corrected chi connectivity index (χ3v) is 5.31. The molecule has 7 nitrogen and oxygen atoms in total. The van der Waals surface area contributed by atoms with Crippen LogP contribution in [0.15, 0.2) is 84.0 Å². The standard InChI is InChI=1S/C17H14ClNO.C7H6N4O.C2H6/c1-2-13-11-12-7-6-10-15(18)16(12)17(20)19(13)14-8-4-3-5-9-14;8-6(12)5-4-10-11-3-1-2-9-7(5)11;1-2/h3-11H,2H2,1H3;1-4H,(H2,8,12);1-2H3. The number of benzene rings is 2. The SMILES string of the molecule is CC.CCc1cc2cccc(Cl)c2c(=O)n1-c1ccccc1.NC(=O)c1cnn2cccnc12. The van der Waals surface area contributed by atoms with E-state index in [1.165, 1.54) is 10.7 Å². The number of pyridine rings is 1. The van der Waals surface area contributed by atoms with Crippen molar-refractivity contribution in [1.29, 1.82) is 0 Å². The van der Waals surface area contributed by atoms with Crippen LogP contribution < -0.4 is 11.3 Å². The maximum atomic E-state index is 12.8. The molecule has 1 amide bonds. The summed E-state index contributed by atoms with van der Waals surface area (Å²) in [4.78, 5) is 27.6. The van der Waals surface area contributed by atoms with E-state index in [1.807, 2.05) is 69.3 Å². The number of nitrogens with two attached hydrogens (primary N) is 1. The van der Waals surface area contributed by atoms with Gasteiger partial charge in [0.1, 0.15) is 5.56 Å². The lowest BCUT2D eigenvalue weighted by Crippen LogP contribution is -2.22. The lowest BCUT2D eigenvalue weighted by atomic mass is 10.1. The van der Waals surface area contributed by atoms with Crippen molar-refractivity contribution in [3.05, 3.63) is 106 Å². The van der Waals surface area contributed by atoms with Crippen LogP contribution in [0.1, 0.15) is 36.8 Å². The van der Waals surface area contributed by atoms with E-state index in [-0.39, 0.29) is 5.56 Å². The van der Waals surface area contributed by atoms with Crippen LogP contribution in [0.3, 0.4) is 0 Å². The first-order valence-electron chi connectivity index (χ1n) is 11.0. The second-order valence-corrected chi connectivity index (χ2v) is 7.39. The number of aryl methyl sites for hydroxylation is 1. The van der Waals surface area contributed by atoms with Gasteiger partial charge in [-0.3, -0.25) is 14.2 Å². The summed E-state index contributed by atoms with van der Waals surface area (Å²) in [5, 5.41) is 5.87. The Labute approximate surface area is 202 Å². The minimum absolute atomic E-state index is 0.0591. The molecule has 0 aliphatic carbocycles. The summed E-state index contributed by atoms with van der Waals surface area (Å²) in [6, 6.07) is 19.0. The quantitative estimate of drug-likeness (QED) is 0.394. The van der Waals surface area contributed by atoms with Crippen molar-refractivity contribution < 1.29 is 4.79 Å². The third kappa shape index (κ3) is 5.00. The van der Waals surface area contributed by atoms with Gasteiger partial charge in [-0.25, -0.2) is 9.50 Å². The predicted molar refractivity (Wildman–Crippen MR) is 137 cm³/mol. The molecule has 2 N–H and O–H groups in total. The van der Waals surface area contributed by atoms with Crippen LogP contribution in [0.4, 0.5) is 0 Å². The van der Waals surface area contributed by atoms with Gasteiger partial charge in [-0.05, 0) is 42.1 Å². The molecule has 0 aliphatic heterocycles. The summed E-state index contributed by atoms with van der Waals surface area (Å²) in [7, 11) is 0. The molecular formula is C26H26ClN5O2. The fraction of sp³-hybridized carbons (Fsp3) is 0.154. The second kappa shape index (κ2) is 11.2. The van der Waals surface area contributed by atoms with E-state index in [2.05, 4.69) is 10.1 Å². The Kier molecular flexibility index (Phi) is 8.16. The molecule has 174 valence electrons. The third-order valence-electron chi connectivity index (χ3n) is 4.99. The lowest BCUT2D eigenvalue weighted by molar-refractivity contribution is 0.100. The molecule has 0 atom stereocenters. The summed E-state index contributed by atoms with van der Waals surface area (Å²) in [6.45, 7) is 6.05. The van der Waals surface area contributed by atoms with E-state index >= 15 is 0 Å². The van der Waals surface area contributed by atoms with Gasteiger partial charge < -0.3 is 5.73 Å². The summed E-state index contributed by atoms with van der Waals surface area (Å²) in [5.41, 5.74) is 7.72. The first-order chi connectivity index (χ1) is 16.5. The van der Waals surface area contributed by atoms with Crippen molar-refractivity contribution in [3.8, 4) is 5.69 Å². The van der Waals surface area contributed by atoms with Gasteiger partial charge in [-0.2, -0.15) is 5.10 Å². The molecular weight excluding hydrogens is 450 g/mol. The van der Waals surface area contributed by atoms with Crippen LogP contribution in [-0.2, 0) is 6.42 Å². The number of para-hydroxylation sites is 1. The normalized spacial score (nSPS) is 10.2. The number of carbonyl (C=O) groups excluding carboxylic acids is 1. The zero-order valence-corrected chi connectivity index (χ0v) is 20.0. The largest absolute Gasteiger partial charge is 0.365 e. The second-order valence-electron chi connectivity index (χ2n) is 6.98. The maximum absolute atomic E-state index is 12.8. The number of primary amides is 1. The van der Waals surface area contributed by atoms with E-state index in [9.17, 15) is 9.59 Å². The van der Waals surface area contributed by atoms with Crippen molar-refractivity contribution in [2.24, 2.45) is 5.73 Å². The average molecular weight is 476 g/mol. The van der Waals surface area contributed by atoms with Gasteiger partial charge in [0.25, 0.3) is 11.5 Å². The van der Waals surface area contributed by atoms with Crippen molar-refractivity contribution in [2.45, 2.75) is 27.2 Å². The number of aromatic nitrogens is 4. The fourth-order valence-corrected chi connectivity index (χ4v) is 3.76. The van der Waals surface area contributed by atoms with Crippen molar-refractivity contribution in [3.63, 3.8) is 0 Å². The molecule has 0 fully saturated rings. The summed E-state index contributed by atoms with van der Waals surface area (Å²) >= 11 is 6.20. The first-order valence-corrected chi connectivity index (χ1v) is 11.4. The average Bonchev–Trinajstić information content (AvgIpc) is 3.30. The molecule has 2 aromatic carbocycles. The Morgan fingerprint density at radius 2 is 1.79 bits per heavy atom. The molecule has 0 aliphatic rings. The van der Waals surface area contributed by atoms with Crippen LogP contribution in [0, 0.1) is 0 Å². The van der Waals surface area contributed by atoms with E-state index in [0.29, 0.717) is 21.6 Å². The Bertz CT molecular complexity index is 1480. The molecule has 3 heterocycles. The number of hydrogen-bond acceptors (Lipinski definition) is 4. The number of halogens is 1. The number of nitrogens with zero attached hydrogens (tertiary/aromatic N) is 4. The predicted octanol–water partition coefficient (Wildman–Crippen LogP) is 5.06. The summed E-state index contributed by atoms with van der Waals surface area (Å²) in [6.07, 6.45) is 5.48. The number of amides is 1. The highest BCUT2D eigenvalue weighted by molar-refractivity contribution is 6.35. The van der Waals surface area contributed by atoms with Crippen molar-refractivity contribution >= 4 is 33.9 Å². The van der Waals surface area contributed by atoms with E-state index in [0.717, 1.165) is 23.2 Å². The van der Waals surface area contributed by atoms with Gasteiger partial charge in [0, 0.05) is 23.8 Å². The Morgan fingerprint density at radius 3 is 2.47 bits per heavy atom. The topological polar surface area (TPSA) is 95.3 Å². The molecule has 0 spiro atoms. The molecule has 0 saturated heterocycles. The molecule has 5 rings (SSSR count). The molecule has 0 bridgehead atoms. The smallest absolute Gasteiger partial charge is 0.264 e. The summed E-state index contributed by atoms with van der Waals surface area (Å²) < 4.78 is 3.24. The number of hydrogen-bond donors (Lipinski definition) is 1. The minimum Gasteiger partial charge on any atom is -0.365 e. The number of rotatable bonds is 3. The zero-order chi connectivity index (χ0) is 24.7. The Hall–Kier alpha value is -3.97. The lowest BCUT2D eigenvalue weighted by Gasteiger charge is -2.14. The van der Waals surface area contributed by atoms with Crippen molar-refractivity contribution in [2.75, 3.05) is 0 Å². The molecule has 0 radical (unpaired) electrons. The van der Waals surface area contributed by atoms with Crippen LogP contribution in [0.25, 0.3) is 22.1 Å². The Morgan fingerprint density at radius 1 is 1.06 bits per heavy atom. The number of carbonyl (C=O) groups is 1. The zero-order valence-electron chi connectivity index (χ0n) is 19.3. The monoisotopic (exact) mass is 475 g/mol. The molecule has 5 aromatic rings. The number of fused-ring (bicyclic) bond motifs is 2. The van der Waals surface area contributed by atoms with Gasteiger partial charge in [0.05, 0.1) is 16.6 Å². The first kappa shape index (κ1) is 24.7. The van der Waals surface area contributed by atoms with E-state index < -0.39 is 5.91 Å². The van der Waals surface area contributed by atoms with Crippen LogP contribution in [-0.4, -0.2) is 25.1 Å². The minimum atomic E-state index is -0.510. The van der Waals surface area contributed by atoms with Gasteiger partial charge in [0.2, 0.25) is 0 Å². The molecule has 0 unspecified atom stereocenters. The van der Waals surface area contributed by atoms with Crippen LogP contribution >= 0.6 is 11.6 Å². The van der Waals surface area contributed by atoms with Gasteiger partial charge in [-0.1, -0.05) is 62.7 Å². The highest BCUT2D eigenvalue weighted by Gasteiger charge is 2.12. The van der Waals surface area contributed by atoms with E-state index in [1.54, 1.807) is 29.1 Å². The van der Waals surface area contributed by atoms with Crippen LogP contribution in [0.5, 0.6) is 0 Å². The molecule has 0 saturated carbocycles. The maximum Gasteiger partial charge on any atom is 0.264 e. The van der Waals surface area contributed by atoms with Crippen molar-refractivity contribution in [1.82, 2.24) is 19.2 Å². The molecule has 8 heteroatoms. The highest BCUT2D eigenvalue weighted by Crippen LogP contribution is 2.22. The van der Waals surface area contributed by atoms with Gasteiger partial charge in [0.15, 0.2) is 5.65 Å². The van der Waals surface area contributed by atoms with Gasteiger partial charge in [-0.15, -0.1) is 0 Å². The highest BCUT2D eigenvalue weighted by atomic mass is 35.5. The molecule has 3 aromatic heterocycles. The van der Waals surface area contributed by atoms with Gasteiger partial charge >= 0.3 is 0 Å². The fourth-order valence-electron chi connectivity index (χ4n) is 3.49. The van der Waals surface area contributed by atoms with Crippen LogP contribution in [0.2, 0.25) is 5.02 Å². The molecule has 34 heavy (non-hydrogen) atoms. The van der Waals surface area contributed by atoms with E-state index in [4.69, 9.17) is 17.3 Å².